The van der Waals surface area contributed by atoms with Crippen LogP contribution in [0.3, 0.4) is 0 Å². The third-order valence-corrected chi connectivity index (χ3v) is 5.51. The van der Waals surface area contributed by atoms with Crippen LogP contribution >= 0.6 is 22.9 Å². The first-order chi connectivity index (χ1) is 12.6. The molecule has 2 N–H and O–H groups in total. The third-order valence-electron chi connectivity index (χ3n) is 4.27. The van der Waals surface area contributed by atoms with Crippen LogP contribution in [0.4, 0.5) is 5.95 Å². The number of carbonyl (C=O) groups excluding carboxylic acids is 1. The summed E-state index contributed by atoms with van der Waals surface area (Å²) in [6, 6.07) is 5.18. The molecular weight excluding hydrogens is 376 g/mol. The SMILES string of the molecule is Cn1nc(C2CCNCC2)nc1NC(=O)c1cc(-c2ccc(Cl)s2)on1. The van der Waals surface area contributed by atoms with Crippen molar-refractivity contribution in [3.63, 3.8) is 0 Å². The van der Waals surface area contributed by atoms with E-state index in [-0.39, 0.29) is 5.69 Å². The largest absolute Gasteiger partial charge is 0.355 e. The van der Waals surface area contributed by atoms with Crippen molar-refractivity contribution in [3.05, 3.63) is 34.1 Å². The van der Waals surface area contributed by atoms with Crippen molar-refractivity contribution >= 4 is 34.8 Å². The predicted molar refractivity (Wildman–Crippen MR) is 98.6 cm³/mol. The zero-order valence-corrected chi connectivity index (χ0v) is 15.6. The van der Waals surface area contributed by atoms with E-state index < -0.39 is 5.91 Å². The topological polar surface area (TPSA) is 97.9 Å². The highest BCUT2D eigenvalue weighted by Crippen LogP contribution is 2.31. The van der Waals surface area contributed by atoms with E-state index in [4.69, 9.17) is 16.1 Å². The van der Waals surface area contributed by atoms with Crippen molar-refractivity contribution in [1.82, 2.24) is 25.2 Å². The maximum absolute atomic E-state index is 12.5. The third kappa shape index (κ3) is 3.50. The van der Waals surface area contributed by atoms with Gasteiger partial charge in [0.1, 0.15) is 0 Å². The van der Waals surface area contributed by atoms with E-state index in [2.05, 4.69) is 25.9 Å². The fourth-order valence-electron chi connectivity index (χ4n) is 2.88. The number of anilines is 1. The second-order valence-electron chi connectivity index (χ2n) is 6.08. The molecule has 1 aliphatic rings. The molecule has 4 heterocycles. The number of hydrogen-bond donors (Lipinski definition) is 2. The zero-order chi connectivity index (χ0) is 18.1. The lowest BCUT2D eigenvalue weighted by Crippen LogP contribution is -2.27. The monoisotopic (exact) mass is 392 g/mol. The second-order valence-corrected chi connectivity index (χ2v) is 7.79. The van der Waals surface area contributed by atoms with Crippen molar-refractivity contribution in [2.45, 2.75) is 18.8 Å². The normalized spacial score (nSPS) is 15.3. The van der Waals surface area contributed by atoms with E-state index in [1.165, 1.54) is 11.3 Å². The van der Waals surface area contributed by atoms with Gasteiger partial charge in [-0.2, -0.15) is 10.1 Å². The molecule has 0 atom stereocenters. The van der Waals surface area contributed by atoms with Crippen molar-refractivity contribution in [1.29, 1.82) is 0 Å². The van der Waals surface area contributed by atoms with Gasteiger partial charge in [-0.3, -0.25) is 10.1 Å². The van der Waals surface area contributed by atoms with Crippen LogP contribution < -0.4 is 10.6 Å². The lowest BCUT2D eigenvalue weighted by atomic mass is 9.98. The maximum Gasteiger partial charge on any atom is 0.280 e. The van der Waals surface area contributed by atoms with Crippen molar-refractivity contribution in [3.8, 4) is 10.6 Å². The lowest BCUT2D eigenvalue weighted by molar-refractivity contribution is 0.101. The summed E-state index contributed by atoms with van der Waals surface area (Å²) in [4.78, 5) is 17.8. The molecule has 0 aromatic carbocycles. The van der Waals surface area contributed by atoms with Crippen molar-refractivity contribution in [2.24, 2.45) is 7.05 Å². The number of nitrogens with one attached hydrogen (secondary N) is 2. The van der Waals surface area contributed by atoms with Gasteiger partial charge in [0.25, 0.3) is 5.91 Å². The number of halogens is 1. The molecule has 1 amide bonds. The summed E-state index contributed by atoms with van der Waals surface area (Å²) in [6.07, 6.45) is 1.99. The summed E-state index contributed by atoms with van der Waals surface area (Å²) < 4.78 is 7.47. The van der Waals surface area contributed by atoms with Gasteiger partial charge in [0.05, 0.1) is 9.21 Å². The Kier molecular flexibility index (Phi) is 4.75. The van der Waals surface area contributed by atoms with Gasteiger partial charge in [0, 0.05) is 19.0 Å². The van der Waals surface area contributed by atoms with E-state index in [1.807, 2.05) is 6.07 Å². The molecule has 0 spiro atoms. The van der Waals surface area contributed by atoms with Gasteiger partial charge >= 0.3 is 0 Å². The summed E-state index contributed by atoms with van der Waals surface area (Å²) in [5.74, 6) is 1.58. The molecule has 1 saturated heterocycles. The molecule has 0 bridgehead atoms. The minimum atomic E-state index is -0.394. The number of aromatic nitrogens is 4. The fraction of sp³-hybridized carbons (Fsp3) is 0.375. The highest BCUT2D eigenvalue weighted by molar-refractivity contribution is 7.19. The Morgan fingerprint density at radius 1 is 1.42 bits per heavy atom. The first-order valence-corrected chi connectivity index (χ1v) is 9.45. The van der Waals surface area contributed by atoms with E-state index in [0.29, 0.717) is 22.0 Å². The Bertz CT molecular complexity index is 927. The smallest absolute Gasteiger partial charge is 0.280 e. The first-order valence-electron chi connectivity index (χ1n) is 8.25. The molecule has 0 radical (unpaired) electrons. The van der Waals surface area contributed by atoms with Crippen LogP contribution in [0.1, 0.15) is 35.1 Å². The van der Waals surface area contributed by atoms with Gasteiger partial charge in [-0.1, -0.05) is 16.8 Å². The molecule has 0 aliphatic carbocycles. The van der Waals surface area contributed by atoms with Crippen LogP contribution in [0, 0.1) is 0 Å². The summed E-state index contributed by atoms with van der Waals surface area (Å²) in [6.45, 7) is 1.91. The molecule has 10 heteroatoms. The van der Waals surface area contributed by atoms with Gasteiger partial charge in [-0.05, 0) is 38.1 Å². The van der Waals surface area contributed by atoms with E-state index >= 15 is 0 Å². The minimum absolute atomic E-state index is 0.177. The Morgan fingerprint density at radius 3 is 2.96 bits per heavy atom. The van der Waals surface area contributed by atoms with Gasteiger partial charge < -0.3 is 9.84 Å². The summed E-state index contributed by atoms with van der Waals surface area (Å²) in [5, 5.41) is 14.3. The standard InChI is InChI=1S/C16H17ClN6O2S/c1-23-16(19-14(21-23)9-4-6-18-7-5-9)20-15(24)10-8-11(25-22-10)12-2-3-13(17)26-12/h2-3,8-9,18H,4-7H2,1H3,(H,19,20,21,24). The Morgan fingerprint density at radius 2 is 2.23 bits per heavy atom. The molecule has 3 aromatic rings. The number of hydrogen-bond acceptors (Lipinski definition) is 7. The molecule has 4 rings (SSSR count). The second kappa shape index (κ2) is 7.18. The molecule has 1 aliphatic heterocycles. The number of rotatable bonds is 4. The van der Waals surface area contributed by atoms with Gasteiger partial charge in [0.15, 0.2) is 17.3 Å². The van der Waals surface area contributed by atoms with E-state index in [0.717, 1.165) is 36.6 Å². The zero-order valence-electron chi connectivity index (χ0n) is 14.0. The van der Waals surface area contributed by atoms with Crippen molar-refractivity contribution in [2.75, 3.05) is 18.4 Å². The predicted octanol–water partition coefficient (Wildman–Crippen LogP) is 2.90. The van der Waals surface area contributed by atoms with Crippen LogP contribution in [0.2, 0.25) is 4.34 Å². The van der Waals surface area contributed by atoms with Gasteiger partial charge in [0.2, 0.25) is 5.95 Å². The van der Waals surface area contributed by atoms with Crippen LogP contribution in [0.15, 0.2) is 22.7 Å². The average Bonchev–Trinajstić information content (AvgIpc) is 3.36. The highest BCUT2D eigenvalue weighted by atomic mass is 35.5. The van der Waals surface area contributed by atoms with Crippen molar-refractivity contribution < 1.29 is 9.32 Å². The Balaban J connectivity index is 1.48. The van der Waals surface area contributed by atoms with Crippen LogP contribution in [-0.2, 0) is 7.05 Å². The number of thiophene rings is 1. The average molecular weight is 393 g/mol. The summed E-state index contributed by atoms with van der Waals surface area (Å²) >= 11 is 7.29. The molecule has 26 heavy (non-hydrogen) atoms. The fourth-order valence-corrected chi connectivity index (χ4v) is 3.87. The summed E-state index contributed by atoms with van der Waals surface area (Å²) in [5.41, 5.74) is 0.177. The quantitative estimate of drug-likeness (QED) is 0.708. The molecule has 0 saturated carbocycles. The molecule has 0 unspecified atom stereocenters. The molecular formula is C16H17ClN6O2S. The molecule has 1 fully saturated rings. The van der Waals surface area contributed by atoms with E-state index in [9.17, 15) is 4.79 Å². The number of piperidine rings is 1. The van der Waals surface area contributed by atoms with E-state index in [1.54, 1.807) is 23.9 Å². The van der Waals surface area contributed by atoms with Crippen LogP contribution in [0.5, 0.6) is 0 Å². The summed E-state index contributed by atoms with van der Waals surface area (Å²) in [7, 11) is 1.76. The molecule has 136 valence electrons. The molecule has 8 nitrogen and oxygen atoms in total. The minimum Gasteiger partial charge on any atom is -0.355 e. The lowest BCUT2D eigenvalue weighted by Gasteiger charge is -2.19. The maximum atomic E-state index is 12.5. The number of aryl methyl sites for hydroxylation is 1. The Hall–Kier alpha value is -2.23. The number of carbonyl (C=O) groups is 1. The number of nitrogens with zero attached hydrogens (tertiary/aromatic N) is 4. The van der Waals surface area contributed by atoms with Gasteiger partial charge in [-0.25, -0.2) is 4.68 Å². The number of amides is 1. The Labute approximate surface area is 158 Å². The van der Waals surface area contributed by atoms with Crippen LogP contribution in [0.25, 0.3) is 10.6 Å². The molecule has 3 aromatic heterocycles. The van der Waals surface area contributed by atoms with Crippen LogP contribution in [-0.4, -0.2) is 38.9 Å². The highest BCUT2D eigenvalue weighted by Gasteiger charge is 2.22. The first kappa shape index (κ1) is 17.2. The van der Waals surface area contributed by atoms with Gasteiger partial charge in [-0.15, -0.1) is 11.3 Å².